The summed E-state index contributed by atoms with van der Waals surface area (Å²) in [6.45, 7) is 0.920. The second-order valence-electron chi connectivity index (χ2n) is 4.61. The lowest BCUT2D eigenvalue weighted by atomic mass is 10.2. The zero-order chi connectivity index (χ0) is 13.4. The molecule has 2 heterocycles. The fourth-order valence-electron chi connectivity index (χ4n) is 2.35. The average Bonchev–Trinajstić information content (AvgIpc) is 3.11. The molecule has 100 valence electrons. The molecule has 0 saturated carbocycles. The Morgan fingerprint density at radius 2 is 2.05 bits per heavy atom. The number of rotatable bonds is 3. The van der Waals surface area contributed by atoms with Crippen LogP contribution in [0.4, 0.5) is 5.95 Å². The molecule has 0 amide bonds. The van der Waals surface area contributed by atoms with Crippen LogP contribution in [0.25, 0.3) is 11.0 Å². The molecule has 1 aliphatic rings. The third-order valence-corrected chi connectivity index (χ3v) is 3.31. The number of nitrogens with zero attached hydrogens (tertiary/aromatic N) is 1. The number of H-pyrrole nitrogens is 1. The highest BCUT2D eigenvalue weighted by Gasteiger charge is 2.16. The smallest absolute Gasteiger partial charge is 0.231 e. The molecule has 0 radical (unpaired) electrons. The van der Waals surface area contributed by atoms with Crippen molar-refractivity contribution in [2.75, 3.05) is 12.1 Å². The van der Waals surface area contributed by atoms with Crippen molar-refractivity contribution in [3.8, 4) is 11.5 Å². The topological polar surface area (TPSA) is 59.2 Å². The van der Waals surface area contributed by atoms with Gasteiger partial charge in [0.15, 0.2) is 11.5 Å². The molecule has 20 heavy (non-hydrogen) atoms. The van der Waals surface area contributed by atoms with E-state index in [1.807, 2.05) is 42.5 Å². The number of imidazole rings is 1. The largest absolute Gasteiger partial charge is 0.454 e. The van der Waals surface area contributed by atoms with Gasteiger partial charge in [0.05, 0.1) is 11.0 Å². The second kappa shape index (κ2) is 4.45. The second-order valence-corrected chi connectivity index (χ2v) is 4.61. The quantitative estimate of drug-likeness (QED) is 0.766. The zero-order valence-corrected chi connectivity index (χ0v) is 10.7. The molecular weight excluding hydrogens is 254 g/mol. The van der Waals surface area contributed by atoms with Crippen LogP contribution in [0.5, 0.6) is 11.5 Å². The van der Waals surface area contributed by atoms with Crippen LogP contribution in [0.3, 0.4) is 0 Å². The summed E-state index contributed by atoms with van der Waals surface area (Å²) in [6.07, 6.45) is 0. The molecule has 4 rings (SSSR count). The first-order chi connectivity index (χ1) is 9.90. The van der Waals surface area contributed by atoms with Gasteiger partial charge in [-0.25, -0.2) is 4.98 Å². The van der Waals surface area contributed by atoms with Crippen LogP contribution in [0.15, 0.2) is 42.5 Å². The van der Waals surface area contributed by atoms with Crippen molar-refractivity contribution in [3.05, 3.63) is 48.0 Å². The van der Waals surface area contributed by atoms with Gasteiger partial charge in [-0.2, -0.15) is 0 Å². The van der Waals surface area contributed by atoms with E-state index in [-0.39, 0.29) is 6.79 Å². The summed E-state index contributed by atoms with van der Waals surface area (Å²) in [5, 5.41) is 3.28. The van der Waals surface area contributed by atoms with Crippen LogP contribution < -0.4 is 14.8 Å². The van der Waals surface area contributed by atoms with E-state index in [0.717, 1.165) is 34.0 Å². The van der Waals surface area contributed by atoms with Gasteiger partial charge in [-0.15, -0.1) is 0 Å². The van der Waals surface area contributed by atoms with Gasteiger partial charge in [-0.3, -0.25) is 0 Å². The molecule has 0 unspecified atom stereocenters. The van der Waals surface area contributed by atoms with Crippen molar-refractivity contribution in [3.63, 3.8) is 0 Å². The Bertz CT molecular complexity index is 734. The van der Waals surface area contributed by atoms with E-state index < -0.39 is 0 Å². The van der Waals surface area contributed by atoms with E-state index >= 15 is 0 Å². The maximum atomic E-state index is 5.48. The number of anilines is 1. The van der Waals surface area contributed by atoms with Crippen molar-refractivity contribution in [2.45, 2.75) is 6.54 Å². The Balaban J connectivity index is 1.57. The Labute approximate surface area is 115 Å². The normalized spacial score (nSPS) is 12.8. The molecule has 3 aromatic rings. The summed E-state index contributed by atoms with van der Waals surface area (Å²) >= 11 is 0. The summed E-state index contributed by atoms with van der Waals surface area (Å²) in [5.41, 5.74) is 3.03. The molecule has 0 saturated heterocycles. The van der Waals surface area contributed by atoms with Crippen LogP contribution in [-0.2, 0) is 6.54 Å². The molecule has 1 aliphatic heterocycles. The van der Waals surface area contributed by atoms with Crippen molar-refractivity contribution in [1.29, 1.82) is 0 Å². The maximum absolute atomic E-state index is 5.48. The summed E-state index contributed by atoms with van der Waals surface area (Å²) in [5.74, 6) is 2.37. The molecule has 0 spiro atoms. The third kappa shape index (κ3) is 1.84. The lowest BCUT2D eigenvalue weighted by Gasteiger charge is -2.06. The van der Waals surface area contributed by atoms with E-state index in [2.05, 4.69) is 15.3 Å². The SMILES string of the molecule is c1cc(CNc2nc3ccccc3[nH]2)c2c(c1)OCO2. The molecule has 5 heteroatoms. The highest BCUT2D eigenvalue weighted by molar-refractivity contribution is 5.77. The Morgan fingerprint density at radius 3 is 3.00 bits per heavy atom. The summed E-state index contributed by atoms with van der Waals surface area (Å²) in [6, 6.07) is 13.8. The maximum Gasteiger partial charge on any atom is 0.231 e. The highest BCUT2D eigenvalue weighted by Crippen LogP contribution is 2.35. The number of aromatic nitrogens is 2. The van der Waals surface area contributed by atoms with Crippen molar-refractivity contribution >= 4 is 17.0 Å². The minimum absolute atomic E-state index is 0.289. The molecule has 0 aliphatic carbocycles. The van der Waals surface area contributed by atoms with Crippen LogP contribution in [-0.4, -0.2) is 16.8 Å². The first-order valence-corrected chi connectivity index (χ1v) is 6.46. The first kappa shape index (κ1) is 11.2. The van der Waals surface area contributed by atoms with Crippen molar-refractivity contribution in [2.24, 2.45) is 0 Å². The lowest BCUT2D eigenvalue weighted by molar-refractivity contribution is 0.173. The molecular formula is C15H13N3O2. The number of para-hydroxylation sites is 3. The number of hydrogen-bond acceptors (Lipinski definition) is 4. The number of ether oxygens (including phenoxy) is 2. The van der Waals surface area contributed by atoms with Gasteiger partial charge in [-0.1, -0.05) is 24.3 Å². The minimum atomic E-state index is 0.289. The molecule has 0 bridgehead atoms. The third-order valence-electron chi connectivity index (χ3n) is 3.31. The van der Waals surface area contributed by atoms with Crippen LogP contribution in [0.1, 0.15) is 5.56 Å². The number of aromatic amines is 1. The first-order valence-electron chi connectivity index (χ1n) is 6.46. The standard InChI is InChI=1S/C15H13N3O2/c1-2-6-12-11(5-1)17-15(18-12)16-8-10-4-3-7-13-14(10)20-9-19-13/h1-7H,8-9H2,(H2,16,17,18). The van der Waals surface area contributed by atoms with Gasteiger partial charge >= 0.3 is 0 Å². The van der Waals surface area contributed by atoms with Gasteiger partial charge < -0.3 is 19.8 Å². The average molecular weight is 267 g/mol. The Morgan fingerprint density at radius 1 is 1.10 bits per heavy atom. The van der Waals surface area contributed by atoms with E-state index in [4.69, 9.17) is 9.47 Å². The Kier molecular flexibility index (Phi) is 2.48. The Hall–Kier alpha value is -2.69. The van der Waals surface area contributed by atoms with Gasteiger partial charge in [0, 0.05) is 12.1 Å². The van der Waals surface area contributed by atoms with E-state index in [9.17, 15) is 0 Å². The fourth-order valence-corrected chi connectivity index (χ4v) is 2.35. The summed E-state index contributed by atoms with van der Waals surface area (Å²) in [4.78, 5) is 7.72. The number of nitrogens with one attached hydrogen (secondary N) is 2. The fraction of sp³-hybridized carbons (Fsp3) is 0.133. The summed E-state index contributed by atoms with van der Waals surface area (Å²) in [7, 11) is 0. The van der Waals surface area contributed by atoms with Gasteiger partial charge in [0.2, 0.25) is 12.7 Å². The lowest BCUT2D eigenvalue weighted by Crippen LogP contribution is -2.02. The van der Waals surface area contributed by atoms with Crippen LogP contribution >= 0.6 is 0 Å². The number of fused-ring (bicyclic) bond motifs is 2. The van der Waals surface area contributed by atoms with Gasteiger partial charge in [-0.05, 0) is 18.2 Å². The predicted octanol–water partition coefficient (Wildman–Crippen LogP) is 2.90. The molecule has 2 aromatic carbocycles. The van der Waals surface area contributed by atoms with E-state index in [1.54, 1.807) is 0 Å². The van der Waals surface area contributed by atoms with Crippen molar-refractivity contribution < 1.29 is 9.47 Å². The predicted molar refractivity (Wildman–Crippen MR) is 76.0 cm³/mol. The van der Waals surface area contributed by atoms with Gasteiger partial charge in [0.1, 0.15) is 0 Å². The minimum Gasteiger partial charge on any atom is -0.454 e. The molecule has 1 aromatic heterocycles. The monoisotopic (exact) mass is 267 g/mol. The number of hydrogen-bond donors (Lipinski definition) is 2. The van der Waals surface area contributed by atoms with Gasteiger partial charge in [0.25, 0.3) is 0 Å². The summed E-state index contributed by atoms with van der Waals surface area (Å²) < 4.78 is 10.8. The van der Waals surface area contributed by atoms with Crippen LogP contribution in [0, 0.1) is 0 Å². The van der Waals surface area contributed by atoms with Crippen LogP contribution in [0.2, 0.25) is 0 Å². The highest BCUT2D eigenvalue weighted by atomic mass is 16.7. The molecule has 0 atom stereocenters. The molecule has 5 nitrogen and oxygen atoms in total. The van der Waals surface area contributed by atoms with E-state index in [1.165, 1.54) is 0 Å². The molecule has 0 fully saturated rings. The van der Waals surface area contributed by atoms with E-state index in [0.29, 0.717) is 6.54 Å². The zero-order valence-electron chi connectivity index (χ0n) is 10.7. The molecule has 2 N–H and O–H groups in total. The van der Waals surface area contributed by atoms with Crippen molar-refractivity contribution in [1.82, 2.24) is 9.97 Å². The number of benzene rings is 2.